The molecule has 3 rings (SSSR count). The number of ether oxygens (including phenoxy) is 1. The number of amides is 1. The van der Waals surface area contributed by atoms with Crippen molar-refractivity contribution in [3.05, 3.63) is 47.1 Å². The predicted octanol–water partition coefficient (Wildman–Crippen LogP) is 3.47. The summed E-state index contributed by atoms with van der Waals surface area (Å²) in [6.07, 6.45) is 10.2. The lowest BCUT2D eigenvalue weighted by Crippen LogP contribution is -2.29. The molecule has 1 aliphatic heterocycles. The molecule has 0 fully saturated rings. The molecule has 3 heteroatoms. The summed E-state index contributed by atoms with van der Waals surface area (Å²) in [5.74, 6) is 0.835. The second kappa shape index (κ2) is 6.61. The van der Waals surface area contributed by atoms with Gasteiger partial charge in [0.1, 0.15) is 12.4 Å². The zero-order chi connectivity index (χ0) is 14.5. The Hall–Kier alpha value is -2.03. The van der Waals surface area contributed by atoms with Gasteiger partial charge in [-0.3, -0.25) is 4.79 Å². The number of benzene rings is 1. The molecule has 110 valence electrons. The molecule has 0 aromatic heterocycles. The smallest absolute Gasteiger partial charge is 0.250 e. The van der Waals surface area contributed by atoms with Gasteiger partial charge in [-0.15, -0.1) is 0 Å². The second-order valence-electron chi connectivity index (χ2n) is 5.61. The predicted molar refractivity (Wildman–Crippen MR) is 84.1 cm³/mol. The molecule has 0 unspecified atom stereocenters. The monoisotopic (exact) mass is 283 g/mol. The minimum atomic E-state index is -0.0130. The lowest BCUT2D eigenvalue weighted by atomic mass is 9.97. The van der Waals surface area contributed by atoms with Crippen LogP contribution in [0, 0.1) is 0 Å². The molecule has 2 aliphatic rings. The standard InChI is InChI=1S/C18H21NO2/c20-18(19-11-10-14-6-2-1-3-7-14)16-12-15-8-4-5-9-17(15)21-13-16/h4-6,8-9,12H,1-3,7,10-11,13H2,(H,19,20). The first-order chi connectivity index (χ1) is 10.3. The van der Waals surface area contributed by atoms with Crippen molar-refractivity contribution in [2.24, 2.45) is 0 Å². The molecule has 1 heterocycles. The van der Waals surface area contributed by atoms with Gasteiger partial charge in [0.05, 0.1) is 5.57 Å². The Morgan fingerprint density at radius 1 is 1.24 bits per heavy atom. The summed E-state index contributed by atoms with van der Waals surface area (Å²) >= 11 is 0. The minimum absolute atomic E-state index is 0.0130. The van der Waals surface area contributed by atoms with Gasteiger partial charge in [0.2, 0.25) is 0 Å². The van der Waals surface area contributed by atoms with Crippen molar-refractivity contribution in [2.75, 3.05) is 13.2 Å². The molecule has 1 aromatic rings. The molecule has 1 amide bonds. The van der Waals surface area contributed by atoms with E-state index < -0.39 is 0 Å². The average Bonchev–Trinajstić information content (AvgIpc) is 2.55. The van der Waals surface area contributed by atoms with Crippen molar-refractivity contribution in [2.45, 2.75) is 32.1 Å². The fourth-order valence-corrected chi connectivity index (χ4v) is 2.83. The highest BCUT2D eigenvalue weighted by molar-refractivity contribution is 5.99. The van der Waals surface area contributed by atoms with Crippen LogP contribution in [-0.2, 0) is 4.79 Å². The molecule has 1 aromatic carbocycles. The quantitative estimate of drug-likeness (QED) is 0.859. The molecule has 0 saturated heterocycles. The van der Waals surface area contributed by atoms with Crippen molar-refractivity contribution in [1.29, 1.82) is 0 Å². The number of allylic oxidation sites excluding steroid dienone is 1. The van der Waals surface area contributed by atoms with E-state index in [1.807, 2.05) is 30.3 Å². The molecule has 0 saturated carbocycles. The van der Waals surface area contributed by atoms with Gasteiger partial charge in [-0.25, -0.2) is 0 Å². The summed E-state index contributed by atoms with van der Waals surface area (Å²) in [5, 5.41) is 3.00. The number of para-hydroxylation sites is 1. The first kappa shape index (κ1) is 13.9. The van der Waals surface area contributed by atoms with E-state index in [0.717, 1.165) is 17.7 Å². The van der Waals surface area contributed by atoms with Crippen LogP contribution < -0.4 is 10.1 Å². The number of carbonyl (C=O) groups is 1. The zero-order valence-electron chi connectivity index (χ0n) is 12.2. The lowest BCUT2D eigenvalue weighted by molar-refractivity contribution is -0.117. The fraction of sp³-hybridized carbons (Fsp3) is 0.389. The van der Waals surface area contributed by atoms with Crippen LogP contribution >= 0.6 is 0 Å². The van der Waals surface area contributed by atoms with Gasteiger partial charge >= 0.3 is 0 Å². The first-order valence-electron chi connectivity index (χ1n) is 7.71. The van der Waals surface area contributed by atoms with Crippen LogP contribution in [0.3, 0.4) is 0 Å². The molecular formula is C18H21NO2. The van der Waals surface area contributed by atoms with Crippen LogP contribution in [-0.4, -0.2) is 19.1 Å². The summed E-state index contributed by atoms with van der Waals surface area (Å²) in [6, 6.07) is 7.79. The van der Waals surface area contributed by atoms with E-state index in [-0.39, 0.29) is 5.91 Å². The normalized spacial score (nSPS) is 17.1. The number of carbonyl (C=O) groups excluding carboxylic acids is 1. The summed E-state index contributed by atoms with van der Waals surface area (Å²) < 4.78 is 5.61. The number of nitrogens with one attached hydrogen (secondary N) is 1. The van der Waals surface area contributed by atoms with E-state index >= 15 is 0 Å². The van der Waals surface area contributed by atoms with Crippen LogP contribution in [0.5, 0.6) is 5.75 Å². The third-order valence-corrected chi connectivity index (χ3v) is 4.04. The average molecular weight is 283 g/mol. The Balaban J connectivity index is 1.54. The Morgan fingerprint density at radius 3 is 3.00 bits per heavy atom. The highest BCUT2D eigenvalue weighted by Gasteiger charge is 2.16. The second-order valence-corrected chi connectivity index (χ2v) is 5.61. The van der Waals surface area contributed by atoms with Gasteiger partial charge in [-0.2, -0.15) is 0 Å². The molecule has 0 atom stereocenters. The van der Waals surface area contributed by atoms with E-state index in [1.54, 1.807) is 0 Å². The maximum Gasteiger partial charge on any atom is 0.250 e. The van der Waals surface area contributed by atoms with Crippen LogP contribution in [0.25, 0.3) is 6.08 Å². The third-order valence-electron chi connectivity index (χ3n) is 4.04. The summed E-state index contributed by atoms with van der Waals surface area (Å²) in [7, 11) is 0. The van der Waals surface area contributed by atoms with Crippen molar-refractivity contribution in [1.82, 2.24) is 5.32 Å². The Morgan fingerprint density at radius 2 is 2.14 bits per heavy atom. The van der Waals surface area contributed by atoms with Crippen molar-refractivity contribution in [3.8, 4) is 5.75 Å². The summed E-state index contributed by atoms with van der Waals surface area (Å²) in [6.45, 7) is 1.06. The highest BCUT2D eigenvalue weighted by atomic mass is 16.5. The van der Waals surface area contributed by atoms with E-state index in [2.05, 4.69) is 11.4 Å². The molecule has 1 N–H and O–H groups in total. The van der Waals surface area contributed by atoms with E-state index in [0.29, 0.717) is 18.7 Å². The van der Waals surface area contributed by atoms with E-state index in [9.17, 15) is 4.79 Å². The molecule has 21 heavy (non-hydrogen) atoms. The van der Waals surface area contributed by atoms with Crippen LogP contribution in [0.4, 0.5) is 0 Å². The SMILES string of the molecule is O=C(NCCC1=CCCCC1)C1=Cc2ccccc2OC1. The fourth-order valence-electron chi connectivity index (χ4n) is 2.83. The molecule has 0 bridgehead atoms. The number of rotatable bonds is 4. The van der Waals surface area contributed by atoms with Crippen LogP contribution in [0.1, 0.15) is 37.7 Å². The van der Waals surface area contributed by atoms with Gasteiger partial charge < -0.3 is 10.1 Å². The molecule has 0 spiro atoms. The van der Waals surface area contributed by atoms with Crippen LogP contribution in [0.2, 0.25) is 0 Å². The largest absolute Gasteiger partial charge is 0.488 e. The maximum atomic E-state index is 12.2. The lowest BCUT2D eigenvalue weighted by Gasteiger charge is -2.18. The molecular weight excluding hydrogens is 262 g/mol. The summed E-state index contributed by atoms with van der Waals surface area (Å²) in [5.41, 5.74) is 3.16. The topological polar surface area (TPSA) is 38.3 Å². The zero-order valence-corrected chi connectivity index (χ0v) is 12.2. The summed E-state index contributed by atoms with van der Waals surface area (Å²) in [4.78, 5) is 12.2. The van der Waals surface area contributed by atoms with E-state index in [4.69, 9.17) is 4.74 Å². The number of hydrogen-bond donors (Lipinski definition) is 1. The Labute approximate surface area is 125 Å². The third kappa shape index (κ3) is 3.54. The number of fused-ring (bicyclic) bond motifs is 1. The van der Waals surface area contributed by atoms with Crippen molar-refractivity contribution < 1.29 is 9.53 Å². The van der Waals surface area contributed by atoms with Gasteiger partial charge in [0.15, 0.2) is 0 Å². The van der Waals surface area contributed by atoms with Gasteiger partial charge in [-0.05, 0) is 44.2 Å². The Bertz CT molecular complexity index is 587. The highest BCUT2D eigenvalue weighted by Crippen LogP contribution is 2.25. The maximum absolute atomic E-state index is 12.2. The van der Waals surface area contributed by atoms with E-state index in [1.165, 1.54) is 31.3 Å². The molecule has 3 nitrogen and oxygen atoms in total. The molecule has 1 aliphatic carbocycles. The first-order valence-corrected chi connectivity index (χ1v) is 7.71. The van der Waals surface area contributed by atoms with Crippen molar-refractivity contribution in [3.63, 3.8) is 0 Å². The van der Waals surface area contributed by atoms with Crippen molar-refractivity contribution >= 4 is 12.0 Å². The Kier molecular flexibility index (Phi) is 4.39. The molecule has 0 radical (unpaired) electrons. The minimum Gasteiger partial charge on any atom is -0.488 e. The van der Waals surface area contributed by atoms with Gasteiger partial charge in [0.25, 0.3) is 5.91 Å². The van der Waals surface area contributed by atoms with Gasteiger partial charge in [0, 0.05) is 12.1 Å². The number of hydrogen-bond acceptors (Lipinski definition) is 2. The van der Waals surface area contributed by atoms with Crippen LogP contribution in [0.15, 0.2) is 41.5 Å². The van der Waals surface area contributed by atoms with Gasteiger partial charge in [-0.1, -0.05) is 29.8 Å².